The van der Waals surface area contributed by atoms with Crippen molar-refractivity contribution in [1.29, 1.82) is 0 Å². The molecule has 1 aromatic rings. The van der Waals surface area contributed by atoms with Gasteiger partial charge in [-0.15, -0.1) is 0 Å². The number of aliphatic hydroxyl groups excluding tert-OH is 1. The SMILES string of the molecule is N[C@H](c1cc(F)cc(C(F)(F)F)c1)[C@@H](O)C1CCCCC1. The van der Waals surface area contributed by atoms with Gasteiger partial charge in [0, 0.05) is 0 Å². The molecule has 0 radical (unpaired) electrons. The highest BCUT2D eigenvalue weighted by Crippen LogP contribution is 2.34. The smallest absolute Gasteiger partial charge is 0.391 e. The first-order chi connectivity index (χ1) is 9.79. The lowest BCUT2D eigenvalue weighted by Gasteiger charge is -2.30. The summed E-state index contributed by atoms with van der Waals surface area (Å²) < 4.78 is 51.5. The van der Waals surface area contributed by atoms with Crippen molar-refractivity contribution in [2.75, 3.05) is 0 Å². The van der Waals surface area contributed by atoms with Crippen molar-refractivity contribution < 1.29 is 22.7 Å². The van der Waals surface area contributed by atoms with Crippen LogP contribution in [-0.2, 0) is 6.18 Å². The fraction of sp³-hybridized carbons (Fsp3) is 0.600. The second-order valence-electron chi connectivity index (χ2n) is 5.69. The minimum atomic E-state index is -4.63. The highest BCUT2D eigenvalue weighted by Gasteiger charge is 2.33. The van der Waals surface area contributed by atoms with Crippen molar-refractivity contribution in [2.24, 2.45) is 11.7 Å². The lowest BCUT2D eigenvalue weighted by molar-refractivity contribution is -0.137. The summed E-state index contributed by atoms with van der Waals surface area (Å²) in [6.07, 6.45) is -0.930. The normalized spacial score (nSPS) is 20.3. The zero-order valence-corrected chi connectivity index (χ0v) is 11.5. The van der Waals surface area contributed by atoms with Crippen LogP contribution in [0, 0.1) is 11.7 Å². The van der Waals surface area contributed by atoms with Crippen LogP contribution in [0.3, 0.4) is 0 Å². The van der Waals surface area contributed by atoms with Gasteiger partial charge in [-0.25, -0.2) is 4.39 Å². The molecule has 1 aliphatic carbocycles. The van der Waals surface area contributed by atoms with Crippen LogP contribution >= 0.6 is 0 Å². The van der Waals surface area contributed by atoms with Crippen LogP contribution in [0.15, 0.2) is 18.2 Å². The van der Waals surface area contributed by atoms with Gasteiger partial charge in [-0.05, 0) is 42.5 Å². The van der Waals surface area contributed by atoms with E-state index in [1.165, 1.54) is 0 Å². The van der Waals surface area contributed by atoms with Crippen LogP contribution in [0.1, 0.15) is 49.3 Å². The van der Waals surface area contributed by atoms with Crippen molar-refractivity contribution in [2.45, 2.75) is 50.4 Å². The Morgan fingerprint density at radius 1 is 1.10 bits per heavy atom. The number of nitrogens with two attached hydrogens (primary N) is 1. The fourth-order valence-corrected chi connectivity index (χ4v) is 2.93. The molecule has 0 heterocycles. The van der Waals surface area contributed by atoms with E-state index in [0.717, 1.165) is 44.2 Å². The highest BCUT2D eigenvalue weighted by atomic mass is 19.4. The molecule has 0 aliphatic heterocycles. The first-order valence-electron chi connectivity index (χ1n) is 7.10. The van der Waals surface area contributed by atoms with Gasteiger partial charge in [-0.2, -0.15) is 13.2 Å². The first kappa shape index (κ1) is 16.2. The summed E-state index contributed by atoms with van der Waals surface area (Å²) in [5, 5.41) is 10.3. The Bertz CT molecular complexity index is 483. The van der Waals surface area contributed by atoms with Gasteiger partial charge in [-0.3, -0.25) is 0 Å². The van der Waals surface area contributed by atoms with Gasteiger partial charge in [0.15, 0.2) is 0 Å². The number of halogens is 4. The highest BCUT2D eigenvalue weighted by molar-refractivity contribution is 5.29. The molecule has 0 aromatic heterocycles. The van der Waals surface area contributed by atoms with Crippen molar-refractivity contribution in [3.63, 3.8) is 0 Å². The Hall–Kier alpha value is -1.14. The minimum absolute atomic E-state index is 0.0135. The molecule has 0 bridgehead atoms. The van der Waals surface area contributed by atoms with E-state index in [0.29, 0.717) is 6.07 Å². The molecule has 0 spiro atoms. The molecule has 1 aromatic carbocycles. The standard InChI is InChI=1S/C15H19F4NO/c16-12-7-10(6-11(8-12)15(17,18)19)13(20)14(21)9-4-2-1-3-5-9/h6-9,13-14,21H,1-5,20H2/t13-,14+/m1/s1. The zero-order valence-electron chi connectivity index (χ0n) is 11.5. The van der Waals surface area contributed by atoms with Gasteiger partial charge < -0.3 is 10.8 Å². The maximum Gasteiger partial charge on any atom is 0.416 e. The Labute approximate surface area is 121 Å². The third kappa shape index (κ3) is 3.95. The lowest BCUT2D eigenvalue weighted by Crippen LogP contribution is -2.34. The number of hydrogen-bond acceptors (Lipinski definition) is 2. The molecule has 0 amide bonds. The quantitative estimate of drug-likeness (QED) is 0.835. The van der Waals surface area contributed by atoms with Gasteiger partial charge >= 0.3 is 6.18 Å². The van der Waals surface area contributed by atoms with E-state index in [2.05, 4.69) is 0 Å². The monoisotopic (exact) mass is 305 g/mol. The number of hydrogen-bond donors (Lipinski definition) is 2. The van der Waals surface area contributed by atoms with E-state index in [9.17, 15) is 22.7 Å². The van der Waals surface area contributed by atoms with Crippen LogP contribution in [0.4, 0.5) is 17.6 Å². The van der Waals surface area contributed by atoms with Crippen molar-refractivity contribution in [1.82, 2.24) is 0 Å². The molecule has 1 aliphatic rings. The van der Waals surface area contributed by atoms with Crippen LogP contribution in [-0.4, -0.2) is 11.2 Å². The van der Waals surface area contributed by atoms with E-state index in [1.807, 2.05) is 0 Å². The number of alkyl halides is 3. The fourth-order valence-electron chi connectivity index (χ4n) is 2.93. The molecule has 0 unspecified atom stereocenters. The molecule has 1 saturated carbocycles. The molecule has 3 N–H and O–H groups in total. The number of benzene rings is 1. The van der Waals surface area contributed by atoms with Crippen LogP contribution in [0.25, 0.3) is 0 Å². The van der Waals surface area contributed by atoms with E-state index in [-0.39, 0.29) is 11.5 Å². The summed E-state index contributed by atoms with van der Waals surface area (Å²) >= 11 is 0. The van der Waals surface area contributed by atoms with Crippen LogP contribution in [0.2, 0.25) is 0 Å². The zero-order chi connectivity index (χ0) is 15.6. The summed E-state index contributed by atoms with van der Waals surface area (Å²) in [6.45, 7) is 0. The van der Waals surface area contributed by atoms with Gasteiger partial charge in [0.2, 0.25) is 0 Å². The summed E-state index contributed by atoms with van der Waals surface area (Å²) in [7, 11) is 0. The predicted octanol–water partition coefficient (Wildman–Crippen LogP) is 3.79. The third-order valence-electron chi connectivity index (χ3n) is 4.13. The van der Waals surface area contributed by atoms with Crippen molar-refractivity contribution in [3.8, 4) is 0 Å². The molecule has 21 heavy (non-hydrogen) atoms. The van der Waals surface area contributed by atoms with E-state index < -0.39 is 29.7 Å². The molecule has 2 nitrogen and oxygen atoms in total. The molecule has 6 heteroatoms. The average molecular weight is 305 g/mol. The third-order valence-corrected chi connectivity index (χ3v) is 4.13. The van der Waals surface area contributed by atoms with Gasteiger partial charge in [0.1, 0.15) is 5.82 Å². The topological polar surface area (TPSA) is 46.2 Å². The average Bonchev–Trinajstić information content (AvgIpc) is 2.45. The molecule has 1 fully saturated rings. The van der Waals surface area contributed by atoms with E-state index in [1.54, 1.807) is 0 Å². The van der Waals surface area contributed by atoms with E-state index >= 15 is 0 Å². The van der Waals surface area contributed by atoms with Crippen molar-refractivity contribution in [3.05, 3.63) is 35.1 Å². The van der Waals surface area contributed by atoms with Gasteiger partial charge in [-0.1, -0.05) is 19.3 Å². The van der Waals surface area contributed by atoms with Crippen LogP contribution < -0.4 is 5.73 Å². The molecule has 0 saturated heterocycles. The Morgan fingerprint density at radius 3 is 2.29 bits per heavy atom. The van der Waals surface area contributed by atoms with Gasteiger partial charge in [0.25, 0.3) is 0 Å². The Kier molecular flexibility index (Phi) is 4.88. The molecular weight excluding hydrogens is 286 g/mol. The number of aliphatic hydroxyl groups is 1. The largest absolute Gasteiger partial charge is 0.416 e. The number of rotatable bonds is 3. The second-order valence-corrected chi connectivity index (χ2v) is 5.69. The summed E-state index contributed by atoms with van der Waals surface area (Å²) in [4.78, 5) is 0. The summed E-state index contributed by atoms with van der Waals surface area (Å²) in [6, 6.07) is 1.21. The summed E-state index contributed by atoms with van der Waals surface area (Å²) in [5.41, 5.74) is 4.77. The molecule has 2 rings (SSSR count). The van der Waals surface area contributed by atoms with Crippen LogP contribution in [0.5, 0.6) is 0 Å². The summed E-state index contributed by atoms with van der Waals surface area (Å²) in [5.74, 6) is -1.03. The second kappa shape index (κ2) is 6.32. The minimum Gasteiger partial charge on any atom is -0.391 e. The van der Waals surface area contributed by atoms with E-state index in [4.69, 9.17) is 5.73 Å². The molecular formula is C15H19F4NO. The molecule has 2 atom stereocenters. The first-order valence-corrected chi connectivity index (χ1v) is 7.10. The Morgan fingerprint density at radius 2 is 1.71 bits per heavy atom. The van der Waals surface area contributed by atoms with Gasteiger partial charge in [0.05, 0.1) is 17.7 Å². The van der Waals surface area contributed by atoms with Crippen molar-refractivity contribution >= 4 is 0 Å². The molecule has 118 valence electrons. The maximum absolute atomic E-state index is 13.4. The maximum atomic E-state index is 13.4. The predicted molar refractivity (Wildman–Crippen MR) is 70.9 cm³/mol. The lowest BCUT2D eigenvalue weighted by atomic mass is 9.81. The Balaban J connectivity index is 2.21.